The summed E-state index contributed by atoms with van der Waals surface area (Å²) in [6, 6.07) is 0.617. The summed E-state index contributed by atoms with van der Waals surface area (Å²) in [6.45, 7) is 6.06. The van der Waals surface area contributed by atoms with Gasteiger partial charge in [-0.2, -0.15) is 0 Å². The van der Waals surface area contributed by atoms with Crippen LogP contribution in [-0.4, -0.2) is 68.3 Å². The van der Waals surface area contributed by atoms with Gasteiger partial charge in [-0.1, -0.05) is 0 Å². The molecule has 0 aromatic rings. The Bertz CT molecular complexity index is 186. The monoisotopic (exact) mass is 199 g/mol. The zero-order valence-corrected chi connectivity index (χ0v) is 8.98. The average Bonchev–Trinajstić information content (AvgIpc) is 2.14. The van der Waals surface area contributed by atoms with Crippen LogP contribution in [0.4, 0.5) is 0 Å². The summed E-state index contributed by atoms with van der Waals surface area (Å²) in [4.78, 5) is 4.79. The summed E-state index contributed by atoms with van der Waals surface area (Å²) in [5.41, 5.74) is 5.66. The van der Waals surface area contributed by atoms with Gasteiger partial charge in [-0.25, -0.2) is 0 Å². The molecule has 2 saturated heterocycles. The minimum atomic E-state index is 0.392. The van der Waals surface area contributed by atoms with E-state index in [0.717, 1.165) is 32.8 Å². The molecular weight excluding hydrogens is 178 g/mol. The summed E-state index contributed by atoms with van der Waals surface area (Å²) in [5.74, 6) is 0. The zero-order chi connectivity index (χ0) is 9.97. The van der Waals surface area contributed by atoms with Crippen LogP contribution in [-0.2, 0) is 4.74 Å². The van der Waals surface area contributed by atoms with Crippen LogP contribution in [0.2, 0.25) is 0 Å². The Labute approximate surface area is 86.0 Å². The Morgan fingerprint density at radius 3 is 2.86 bits per heavy atom. The van der Waals surface area contributed by atoms with Gasteiger partial charge in [0, 0.05) is 38.8 Å². The molecule has 2 heterocycles. The predicted octanol–water partition coefficient (Wildman–Crippen LogP) is -0.650. The number of hydrogen-bond donors (Lipinski definition) is 1. The van der Waals surface area contributed by atoms with Gasteiger partial charge in [0.15, 0.2) is 0 Å². The summed E-state index contributed by atoms with van der Waals surface area (Å²) < 4.78 is 5.72. The van der Waals surface area contributed by atoms with E-state index in [1.165, 1.54) is 13.0 Å². The smallest absolute Gasteiger partial charge is 0.0829 e. The van der Waals surface area contributed by atoms with Crippen molar-refractivity contribution in [2.24, 2.45) is 5.73 Å². The molecule has 0 saturated carbocycles. The lowest BCUT2D eigenvalue weighted by atomic mass is 10.0. The Balaban J connectivity index is 1.74. The van der Waals surface area contributed by atoms with E-state index in [1.54, 1.807) is 0 Å². The summed E-state index contributed by atoms with van der Waals surface area (Å²) in [7, 11) is 2.16. The fourth-order valence-electron chi connectivity index (χ4n) is 2.24. The molecule has 0 aromatic heterocycles. The Morgan fingerprint density at radius 1 is 1.43 bits per heavy atom. The highest BCUT2D eigenvalue weighted by Crippen LogP contribution is 2.17. The first-order chi connectivity index (χ1) is 6.79. The molecule has 2 aliphatic rings. The van der Waals surface area contributed by atoms with Crippen molar-refractivity contribution in [1.82, 2.24) is 9.80 Å². The highest BCUT2D eigenvalue weighted by atomic mass is 16.5. The summed E-state index contributed by atoms with van der Waals surface area (Å²) in [5, 5.41) is 0. The Hall–Kier alpha value is -0.160. The van der Waals surface area contributed by atoms with E-state index in [9.17, 15) is 0 Å². The molecule has 82 valence electrons. The largest absolute Gasteiger partial charge is 0.374 e. The third-order valence-corrected chi connectivity index (χ3v) is 3.32. The fourth-order valence-corrected chi connectivity index (χ4v) is 2.24. The van der Waals surface area contributed by atoms with E-state index in [0.29, 0.717) is 12.1 Å². The van der Waals surface area contributed by atoms with Crippen LogP contribution in [0.1, 0.15) is 6.42 Å². The van der Waals surface area contributed by atoms with E-state index in [2.05, 4.69) is 16.8 Å². The number of likely N-dealkylation sites (N-methyl/N-ethyl adjacent to an activating group) is 1. The van der Waals surface area contributed by atoms with Crippen LogP contribution in [0.3, 0.4) is 0 Å². The predicted molar refractivity (Wildman–Crippen MR) is 56.3 cm³/mol. The van der Waals surface area contributed by atoms with E-state index in [1.807, 2.05) is 0 Å². The highest BCUT2D eigenvalue weighted by molar-refractivity contribution is 4.86. The van der Waals surface area contributed by atoms with Crippen LogP contribution < -0.4 is 5.73 Å². The highest BCUT2D eigenvalue weighted by Gasteiger charge is 2.30. The van der Waals surface area contributed by atoms with E-state index in [4.69, 9.17) is 10.5 Å². The molecule has 0 amide bonds. The van der Waals surface area contributed by atoms with E-state index < -0.39 is 0 Å². The van der Waals surface area contributed by atoms with Crippen LogP contribution in [0.25, 0.3) is 0 Å². The van der Waals surface area contributed by atoms with Crippen molar-refractivity contribution in [2.75, 3.05) is 46.4 Å². The van der Waals surface area contributed by atoms with Gasteiger partial charge in [-0.05, 0) is 13.5 Å². The molecule has 14 heavy (non-hydrogen) atoms. The molecule has 2 rings (SSSR count). The number of nitrogens with two attached hydrogens (primary N) is 1. The lowest BCUT2D eigenvalue weighted by Crippen LogP contribution is -2.56. The first kappa shape index (κ1) is 10.4. The molecular formula is C10H21N3O. The normalized spacial score (nSPS) is 35.6. The number of rotatable bonds is 3. The molecule has 0 spiro atoms. The molecule has 2 unspecified atom stereocenters. The van der Waals surface area contributed by atoms with Crippen LogP contribution in [0, 0.1) is 0 Å². The summed E-state index contributed by atoms with van der Waals surface area (Å²) in [6.07, 6.45) is 1.65. The van der Waals surface area contributed by atoms with E-state index >= 15 is 0 Å². The fraction of sp³-hybridized carbons (Fsp3) is 1.00. The lowest BCUT2D eigenvalue weighted by Gasteiger charge is -2.43. The number of likely N-dealkylation sites (tertiary alicyclic amines) is 1. The third kappa shape index (κ3) is 2.25. The molecule has 2 aliphatic heterocycles. The van der Waals surface area contributed by atoms with Gasteiger partial charge in [0.2, 0.25) is 0 Å². The molecule has 0 aromatic carbocycles. The topological polar surface area (TPSA) is 41.7 Å². The molecule has 0 radical (unpaired) electrons. The number of morpholine rings is 1. The van der Waals surface area contributed by atoms with Crippen molar-refractivity contribution in [1.29, 1.82) is 0 Å². The molecule has 2 N–H and O–H groups in total. The van der Waals surface area contributed by atoms with Gasteiger partial charge in [0.05, 0.1) is 12.7 Å². The number of ether oxygens (including phenoxy) is 1. The molecule has 0 aliphatic carbocycles. The maximum absolute atomic E-state index is 5.72. The van der Waals surface area contributed by atoms with E-state index in [-0.39, 0.29) is 0 Å². The molecule has 0 bridgehead atoms. The van der Waals surface area contributed by atoms with Crippen molar-refractivity contribution in [2.45, 2.75) is 18.6 Å². The van der Waals surface area contributed by atoms with Gasteiger partial charge < -0.3 is 15.4 Å². The second-order valence-corrected chi connectivity index (χ2v) is 4.43. The second kappa shape index (κ2) is 4.57. The quantitative estimate of drug-likeness (QED) is 0.656. The van der Waals surface area contributed by atoms with Crippen molar-refractivity contribution >= 4 is 0 Å². The maximum Gasteiger partial charge on any atom is 0.0829 e. The van der Waals surface area contributed by atoms with Gasteiger partial charge in [0.1, 0.15) is 0 Å². The van der Waals surface area contributed by atoms with Crippen LogP contribution in [0.5, 0.6) is 0 Å². The van der Waals surface area contributed by atoms with Gasteiger partial charge in [-0.3, -0.25) is 4.90 Å². The molecule has 4 heteroatoms. The van der Waals surface area contributed by atoms with Crippen molar-refractivity contribution in [3.8, 4) is 0 Å². The Kier molecular flexibility index (Phi) is 3.38. The Morgan fingerprint density at radius 2 is 2.29 bits per heavy atom. The molecule has 2 atom stereocenters. The standard InChI is InChI=1S/C10H21N3O/c1-12-4-5-14-10(7-12)8-13-3-2-9(13)6-11/h9-10H,2-8,11H2,1H3. The summed E-state index contributed by atoms with van der Waals surface area (Å²) >= 11 is 0. The third-order valence-electron chi connectivity index (χ3n) is 3.32. The number of nitrogens with zero attached hydrogens (tertiary/aromatic N) is 2. The minimum absolute atomic E-state index is 0.392. The zero-order valence-electron chi connectivity index (χ0n) is 8.98. The first-order valence-corrected chi connectivity index (χ1v) is 5.54. The molecule has 4 nitrogen and oxygen atoms in total. The van der Waals surface area contributed by atoms with Crippen molar-refractivity contribution < 1.29 is 4.74 Å². The lowest BCUT2D eigenvalue weighted by molar-refractivity contribution is -0.0550. The van der Waals surface area contributed by atoms with Crippen molar-refractivity contribution in [3.63, 3.8) is 0 Å². The average molecular weight is 199 g/mol. The van der Waals surface area contributed by atoms with Crippen LogP contribution in [0.15, 0.2) is 0 Å². The molecule has 2 fully saturated rings. The first-order valence-electron chi connectivity index (χ1n) is 5.54. The maximum atomic E-state index is 5.72. The SMILES string of the molecule is CN1CCOC(CN2CCC2CN)C1. The van der Waals surface area contributed by atoms with Crippen LogP contribution >= 0.6 is 0 Å². The van der Waals surface area contributed by atoms with Gasteiger partial charge in [-0.15, -0.1) is 0 Å². The van der Waals surface area contributed by atoms with Crippen molar-refractivity contribution in [3.05, 3.63) is 0 Å². The second-order valence-electron chi connectivity index (χ2n) is 4.43. The minimum Gasteiger partial charge on any atom is -0.374 e. The van der Waals surface area contributed by atoms with Gasteiger partial charge in [0.25, 0.3) is 0 Å². The number of hydrogen-bond acceptors (Lipinski definition) is 4. The van der Waals surface area contributed by atoms with Gasteiger partial charge >= 0.3 is 0 Å².